The van der Waals surface area contributed by atoms with Crippen LogP contribution in [0.5, 0.6) is 0 Å². The SMILES string of the molecule is c1ccc(-c2ccc(N(c3ccc(-c4ccccc4)cc3)c3ccc(-c4ccc(-c5cccc6c5sc5c6ccc6oc7ccccc7c65)cc4)cc3)cc2)cc1. The molecule has 0 bridgehead atoms. The molecule has 0 aliphatic rings. The summed E-state index contributed by atoms with van der Waals surface area (Å²) in [4.78, 5) is 2.34. The molecule has 268 valence electrons. The second-order valence-corrected chi connectivity index (χ2v) is 15.5. The highest BCUT2D eigenvalue weighted by molar-refractivity contribution is 7.27. The summed E-state index contributed by atoms with van der Waals surface area (Å²) in [6.45, 7) is 0. The van der Waals surface area contributed by atoms with E-state index in [1.54, 1.807) is 0 Å². The van der Waals surface area contributed by atoms with Gasteiger partial charge in [0.15, 0.2) is 0 Å². The molecule has 57 heavy (non-hydrogen) atoms. The van der Waals surface area contributed by atoms with Gasteiger partial charge < -0.3 is 9.32 Å². The van der Waals surface area contributed by atoms with Gasteiger partial charge in [0.05, 0.1) is 0 Å². The standard InChI is InChI=1S/C54H35NOS/c1-3-10-36(11-4-1)39-22-28-43(29-23-39)55(44-30-24-40(25-31-44)37-12-5-2-6-13-37)45-32-26-41(27-33-45)38-18-20-42(21-19-38)46-15-9-16-47-48-34-35-51-52(54(48)57-53(46)47)49-14-7-8-17-50(49)56-51/h1-35H. The number of fused-ring (bicyclic) bond motifs is 7. The minimum Gasteiger partial charge on any atom is -0.456 e. The fourth-order valence-corrected chi connectivity index (χ4v) is 9.64. The zero-order valence-corrected chi connectivity index (χ0v) is 31.8. The first-order valence-electron chi connectivity index (χ1n) is 19.3. The average Bonchev–Trinajstić information content (AvgIpc) is 3.87. The second-order valence-electron chi connectivity index (χ2n) is 14.5. The van der Waals surface area contributed by atoms with Gasteiger partial charge in [0.2, 0.25) is 0 Å². The van der Waals surface area contributed by atoms with Crippen molar-refractivity contribution < 1.29 is 4.42 Å². The predicted octanol–water partition coefficient (Wildman–Crippen LogP) is 16.1. The Bertz CT molecular complexity index is 3100. The molecule has 2 aromatic heterocycles. The number of anilines is 3. The Balaban J connectivity index is 0.925. The molecule has 11 rings (SSSR count). The maximum atomic E-state index is 6.23. The smallest absolute Gasteiger partial charge is 0.136 e. The van der Waals surface area contributed by atoms with Gasteiger partial charge in [-0.2, -0.15) is 0 Å². The monoisotopic (exact) mass is 745 g/mol. The van der Waals surface area contributed by atoms with Gasteiger partial charge in [-0.1, -0.05) is 158 Å². The molecule has 2 heterocycles. The van der Waals surface area contributed by atoms with Crippen molar-refractivity contribution in [3.8, 4) is 44.5 Å². The third-order valence-electron chi connectivity index (χ3n) is 11.1. The van der Waals surface area contributed by atoms with Gasteiger partial charge in [0, 0.05) is 48.0 Å². The molecule has 0 amide bonds. The number of nitrogens with zero attached hydrogens (tertiary/aromatic N) is 1. The summed E-state index contributed by atoms with van der Waals surface area (Å²) in [5.41, 5.74) is 14.8. The molecule has 0 fully saturated rings. The van der Waals surface area contributed by atoms with Crippen molar-refractivity contribution in [1.29, 1.82) is 0 Å². The van der Waals surface area contributed by atoms with Crippen molar-refractivity contribution in [2.75, 3.05) is 4.90 Å². The van der Waals surface area contributed by atoms with Gasteiger partial charge in [-0.25, -0.2) is 0 Å². The van der Waals surface area contributed by atoms with E-state index in [0.29, 0.717) is 0 Å². The van der Waals surface area contributed by atoms with Gasteiger partial charge in [0.1, 0.15) is 11.2 Å². The number of hydrogen-bond donors (Lipinski definition) is 0. The van der Waals surface area contributed by atoms with Crippen LogP contribution < -0.4 is 4.90 Å². The highest BCUT2D eigenvalue weighted by Gasteiger charge is 2.17. The van der Waals surface area contributed by atoms with Crippen molar-refractivity contribution in [3.63, 3.8) is 0 Å². The molecule has 11 aromatic rings. The number of rotatable bonds is 7. The molecule has 3 heteroatoms. The van der Waals surface area contributed by atoms with Crippen LogP contribution >= 0.6 is 11.3 Å². The van der Waals surface area contributed by atoms with Crippen LogP contribution in [-0.4, -0.2) is 0 Å². The van der Waals surface area contributed by atoms with Crippen LogP contribution in [0.25, 0.3) is 86.6 Å². The molecule has 0 unspecified atom stereocenters. The number of furan rings is 1. The van der Waals surface area contributed by atoms with E-state index >= 15 is 0 Å². The number of thiophene rings is 1. The highest BCUT2D eigenvalue weighted by Crippen LogP contribution is 2.45. The molecule has 2 nitrogen and oxygen atoms in total. The predicted molar refractivity (Wildman–Crippen MR) is 243 cm³/mol. The molecule has 0 aliphatic heterocycles. The van der Waals surface area contributed by atoms with Crippen LogP contribution in [0.1, 0.15) is 0 Å². The largest absolute Gasteiger partial charge is 0.456 e. The Morgan fingerprint density at radius 1 is 0.298 bits per heavy atom. The van der Waals surface area contributed by atoms with Crippen LogP contribution in [0, 0.1) is 0 Å². The highest BCUT2D eigenvalue weighted by atomic mass is 32.1. The molecular formula is C54H35NOS. The first-order valence-corrected chi connectivity index (χ1v) is 20.1. The molecule has 0 saturated carbocycles. The van der Waals surface area contributed by atoms with Crippen LogP contribution in [0.3, 0.4) is 0 Å². The Morgan fingerprint density at radius 3 is 1.30 bits per heavy atom. The molecule has 0 saturated heterocycles. The Morgan fingerprint density at radius 2 is 0.737 bits per heavy atom. The third-order valence-corrected chi connectivity index (χ3v) is 12.4. The Kier molecular flexibility index (Phi) is 8.04. The van der Waals surface area contributed by atoms with Crippen molar-refractivity contribution >= 4 is 70.5 Å². The summed E-state index contributed by atoms with van der Waals surface area (Å²) in [5, 5.41) is 4.95. The lowest BCUT2D eigenvalue weighted by Gasteiger charge is -2.26. The lowest BCUT2D eigenvalue weighted by molar-refractivity contribution is 0.669. The molecule has 0 radical (unpaired) electrons. The average molecular weight is 746 g/mol. The van der Waals surface area contributed by atoms with Gasteiger partial charge in [-0.05, 0) is 99.1 Å². The van der Waals surface area contributed by atoms with Gasteiger partial charge in [-0.3, -0.25) is 0 Å². The van der Waals surface area contributed by atoms with Gasteiger partial charge in [0.25, 0.3) is 0 Å². The van der Waals surface area contributed by atoms with Crippen molar-refractivity contribution in [2.24, 2.45) is 0 Å². The van der Waals surface area contributed by atoms with Crippen molar-refractivity contribution in [1.82, 2.24) is 0 Å². The van der Waals surface area contributed by atoms with E-state index in [-0.39, 0.29) is 0 Å². The summed E-state index contributed by atoms with van der Waals surface area (Å²) in [7, 11) is 0. The van der Waals surface area contributed by atoms with E-state index in [0.717, 1.165) is 28.2 Å². The minimum atomic E-state index is 0.934. The fraction of sp³-hybridized carbons (Fsp3) is 0. The van der Waals surface area contributed by atoms with Crippen LogP contribution in [0.4, 0.5) is 17.1 Å². The van der Waals surface area contributed by atoms with E-state index < -0.39 is 0 Å². The van der Waals surface area contributed by atoms with E-state index in [1.807, 2.05) is 17.4 Å². The van der Waals surface area contributed by atoms with Crippen molar-refractivity contribution in [2.45, 2.75) is 0 Å². The first-order chi connectivity index (χ1) is 28.2. The molecule has 9 aromatic carbocycles. The minimum absolute atomic E-state index is 0.934. The van der Waals surface area contributed by atoms with E-state index in [4.69, 9.17) is 4.42 Å². The molecule has 0 spiro atoms. The summed E-state index contributed by atoms with van der Waals surface area (Å²) in [6, 6.07) is 76.2. The van der Waals surface area contributed by atoms with E-state index in [1.165, 1.54) is 75.5 Å². The maximum absolute atomic E-state index is 6.23. The number of para-hydroxylation sites is 1. The summed E-state index contributed by atoms with van der Waals surface area (Å²) >= 11 is 1.87. The van der Waals surface area contributed by atoms with Crippen LogP contribution in [-0.2, 0) is 0 Å². The Labute approximate surface area is 335 Å². The molecule has 0 atom stereocenters. The molecule has 0 aliphatic carbocycles. The van der Waals surface area contributed by atoms with Crippen LogP contribution in [0.15, 0.2) is 217 Å². The molecular weight excluding hydrogens is 711 g/mol. The normalized spacial score (nSPS) is 11.5. The van der Waals surface area contributed by atoms with Gasteiger partial charge >= 0.3 is 0 Å². The maximum Gasteiger partial charge on any atom is 0.136 e. The van der Waals surface area contributed by atoms with Crippen LogP contribution in [0.2, 0.25) is 0 Å². The number of hydrogen-bond acceptors (Lipinski definition) is 3. The number of benzene rings is 9. The van der Waals surface area contributed by atoms with Crippen molar-refractivity contribution in [3.05, 3.63) is 212 Å². The van der Waals surface area contributed by atoms with E-state index in [9.17, 15) is 0 Å². The molecule has 0 N–H and O–H groups in total. The Hall–Kier alpha value is -7.20. The summed E-state index contributed by atoms with van der Waals surface area (Å²) in [6.07, 6.45) is 0. The summed E-state index contributed by atoms with van der Waals surface area (Å²) in [5.74, 6) is 0. The quantitative estimate of drug-likeness (QED) is 0.162. The zero-order valence-electron chi connectivity index (χ0n) is 31.0. The third kappa shape index (κ3) is 5.88. The lowest BCUT2D eigenvalue weighted by atomic mass is 9.98. The fourth-order valence-electron chi connectivity index (χ4n) is 8.25. The topological polar surface area (TPSA) is 16.4 Å². The van der Waals surface area contributed by atoms with Gasteiger partial charge in [-0.15, -0.1) is 11.3 Å². The summed E-state index contributed by atoms with van der Waals surface area (Å²) < 4.78 is 8.82. The second kappa shape index (κ2) is 13.8. The zero-order chi connectivity index (χ0) is 37.7. The first kappa shape index (κ1) is 33.2. The lowest BCUT2D eigenvalue weighted by Crippen LogP contribution is -2.09. The van der Waals surface area contributed by atoms with E-state index in [2.05, 4.69) is 211 Å².